The van der Waals surface area contributed by atoms with E-state index in [-0.39, 0.29) is 0 Å². The van der Waals surface area contributed by atoms with Gasteiger partial charge in [0.05, 0.1) is 12.3 Å². The van der Waals surface area contributed by atoms with E-state index in [4.69, 9.17) is 10.5 Å². The number of aryl methyl sites for hydroxylation is 1. The van der Waals surface area contributed by atoms with Gasteiger partial charge >= 0.3 is 0 Å². The van der Waals surface area contributed by atoms with Crippen LogP contribution in [0.2, 0.25) is 0 Å². The second-order valence-corrected chi connectivity index (χ2v) is 4.81. The summed E-state index contributed by atoms with van der Waals surface area (Å²) >= 11 is 0. The van der Waals surface area contributed by atoms with Gasteiger partial charge in [0.1, 0.15) is 5.75 Å². The molecule has 0 aromatic heterocycles. The second kappa shape index (κ2) is 5.24. The Labute approximate surface area is 97.8 Å². The topological polar surface area (TPSA) is 35.2 Å². The van der Waals surface area contributed by atoms with Crippen LogP contribution in [0.15, 0.2) is 18.2 Å². The van der Waals surface area contributed by atoms with Crippen LogP contribution in [0.5, 0.6) is 5.75 Å². The average Bonchev–Trinajstić information content (AvgIpc) is 2.30. The van der Waals surface area contributed by atoms with Crippen molar-refractivity contribution in [3.05, 3.63) is 23.8 Å². The van der Waals surface area contributed by atoms with Crippen LogP contribution >= 0.6 is 0 Å². The van der Waals surface area contributed by atoms with Crippen molar-refractivity contribution >= 4 is 5.69 Å². The highest BCUT2D eigenvalue weighted by Crippen LogP contribution is 2.28. The third-order valence-corrected chi connectivity index (χ3v) is 3.43. The maximum atomic E-state index is 5.91. The number of para-hydroxylation sites is 1. The summed E-state index contributed by atoms with van der Waals surface area (Å²) in [5, 5.41) is 0. The first-order valence-electron chi connectivity index (χ1n) is 6.25. The lowest BCUT2D eigenvalue weighted by molar-refractivity contribution is 0.209. The van der Waals surface area contributed by atoms with E-state index >= 15 is 0 Å². The second-order valence-electron chi connectivity index (χ2n) is 4.81. The molecule has 1 saturated carbocycles. The number of ether oxygens (including phenoxy) is 1. The minimum atomic E-state index is 0.729. The molecular weight excluding hydrogens is 198 g/mol. The van der Waals surface area contributed by atoms with Crippen LogP contribution < -0.4 is 10.5 Å². The molecule has 2 nitrogen and oxygen atoms in total. The highest BCUT2D eigenvalue weighted by molar-refractivity contribution is 5.56. The molecule has 1 aromatic carbocycles. The van der Waals surface area contributed by atoms with Gasteiger partial charge in [-0.3, -0.25) is 0 Å². The van der Waals surface area contributed by atoms with Gasteiger partial charge in [0.25, 0.3) is 0 Å². The Bertz CT molecular complexity index is 322. The molecular formula is C14H21NO. The van der Waals surface area contributed by atoms with Gasteiger partial charge in [-0.2, -0.15) is 0 Å². The first-order valence-corrected chi connectivity index (χ1v) is 6.25. The van der Waals surface area contributed by atoms with E-state index in [2.05, 4.69) is 0 Å². The van der Waals surface area contributed by atoms with Gasteiger partial charge in [-0.05, 0) is 37.3 Å². The monoisotopic (exact) mass is 219 g/mol. The molecule has 16 heavy (non-hydrogen) atoms. The van der Waals surface area contributed by atoms with Crippen molar-refractivity contribution in [2.45, 2.75) is 39.0 Å². The fraction of sp³-hybridized carbons (Fsp3) is 0.571. The number of anilines is 1. The standard InChI is InChI=1S/C14H21NO/c1-11-6-5-9-13(15)14(11)16-10-12-7-3-2-4-8-12/h5-6,9,12H,2-4,7-8,10,15H2,1H3. The SMILES string of the molecule is Cc1cccc(N)c1OCC1CCCCC1. The summed E-state index contributed by atoms with van der Waals surface area (Å²) in [7, 11) is 0. The predicted octanol–water partition coefficient (Wildman–Crippen LogP) is 3.54. The van der Waals surface area contributed by atoms with Gasteiger partial charge in [-0.25, -0.2) is 0 Å². The van der Waals surface area contributed by atoms with Crippen LogP contribution in [0.25, 0.3) is 0 Å². The minimum Gasteiger partial charge on any atom is -0.491 e. The van der Waals surface area contributed by atoms with Crippen LogP contribution in [0.1, 0.15) is 37.7 Å². The molecule has 0 unspecified atom stereocenters. The Morgan fingerprint density at radius 2 is 2.00 bits per heavy atom. The van der Waals surface area contributed by atoms with Crippen molar-refractivity contribution in [3.8, 4) is 5.75 Å². The van der Waals surface area contributed by atoms with Crippen molar-refractivity contribution in [3.63, 3.8) is 0 Å². The highest BCUT2D eigenvalue weighted by Gasteiger charge is 2.15. The molecule has 0 heterocycles. The number of nitrogens with two attached hydrogens (primary N) is 1. The maximum Gasteiger partial charge on any atom is 0.145 e. The minimum absolute atomic E-state index is 0.729. The van der Waals surface area contributed by atoms with Crippen LogP contribution in [0.4, 0.5) is 5.69 Å². The van der Waals surface area contributed by atoms with Gasteiger partial charge in [0.15, 0.2) is 0 Å². The Morgan fingerprint density at radius 3 is 2.69 bits per heavy atom. The van der Waals surface area contributed by atoms with Crippen LogP contribution in [0.3, 0.4) is 0 Å². The molecule has 2 heteroatoms. The smallest absolute Gasteiger partial charge is 0.145 e. The van der Waals surface area contributed by atoms with Gasteiger partial charge in [-0.1, -0.05) is 31.4 Å². The Kier molecular flexibility index (Phi) is 3.70. The Morgan fingerprint density at radius 1 is 1.25 bits per heavy atom. The molecule has 2 N–H and O–H groups in total. The lowest BCUT2D eigenvalue weighted by atomic mass is 9.90. The zero-order valence-corrected chi connectivity index (χ0v) is 10.0. The van der Waals surface area contributed by atoms with Crippen molar-refractivity contribution in [1.82, 2.24) is 0 Å². The van der Waals surface area contributed by atoms with Gasteiger partial charge in [-0.15, -0.1) is 0 Å². The molecule has 0 spiro atoms. The molecule has 1 fully saturated rings. The normalized spacial score (nSPS) is 17.3. The zero-order valence-electron chi connectivity index (χ0n) is 10.0. The quantitative estimate of drug-likeness (QED) is 0.789. The number of hydrogen-bond acceptors (Lipinski definition) is 2. The molecule has 0 atom stereocenters. The van der Waals surface area contributed by atoms with E-state index in [0.717, 1.165) is 29.5 Å². The van der Waals surface area contributed by atoms with Crippen molar-refractivity contribution in [2.24, 2.45) is 5.92 Å². The van der Waals surface area contributed by atoms with Crippen LogP contribution in [-0.2, 0) is 0 Å². The maximum absolute atomic E-state index is 5.91. The van der Waals surface area contributed by atoms with Crippen molar-refractivity contribution in [1.29, 1.82) is 0 Å². The van der Waals surface area contributed by atoms with E-state index in [9.17, 15) is 0 Å². The summed E-state index contributed by atoms with van der Waals surface area (Å²) in [4.78, 5) is 0. The summed E-state index contributed by atoms with van der Waals surface area (Å²) in [5.74, 6) is 1.61. The molecule has 1 aromatic rings. The number of rotatable bonds is 3. The average molecular weight is 219 g/mol. The van der Waals surface area contributed by atoms with Gasteiger partial charge in [0.2, 0.25) is 0 Å². The van der Waals surface area contributed by atoms with Crippen molar-refractivity contribution < 1.29 is 4.74 Å². The van der Waals surface area contributed by atoms with Crippen molar-refractivity contribution in [2.75, 3.05) is 12.3 Å². The fourth-order valence-electron chi connectivity index (χ4n) is 2.43. The predicted molar refractivity (Wildman–Crippen MR) is 67.7 cm³/mol. The lowest BCUT2D eigenvalue weighted by Gasteiger charge is -2.22. The molecule has 0 bridgehead atoms. The largest absolute Gasteiger partial charge is 0.491 e. The van der Waals surface area contributed by atoms with Crippen LogP contribution in [-0.4, -0.2) is 6.61 Å². The first kappa shape index (κ1) is 11.3. The molecule has 2 rings (SSSR count). The summed E-state index contributed by atoms with van der Waals surface area (Å²) < 4.78 is 5.88. The van der Waals surface area contributed by atoms with E-state index in [1.807, 2.05) is 25.1 Å². The molecule has 1 aliphatic rings. The fourth-order valence-corrected chi connectivity index (χ4v) is 2.43. The summed E-state index contributed by atoms with van der Waals surface area (Å²) in [6.07, 6.45) is 6.73. The van der Waals surface area contributed by atoms with E-state index in [1.54, 1.807) is 0 Å². The Hall–Kier alpha value is -1.18. The third-order valence-electron chi connectivity index (χ3n) is 3.43. The molecule has 1 aliphatic carbocycles. The summed E-state index contributed by atoms with van der Waals surface area (Å²) in [5.41, 5.74) is 7.81. The van der Waals surface area contributed by atoms with E-state index < -0.39 is 0 Å². The molecule has 0 amide bonds. The number of hydrogen-bond donors (Lipinski definition) is 1. The zero-order chi connectivity index (χ0) is 11.4. The highest BCUT2D eigenvalue weighted by atomic mass is 16.5. The lowest BCUT2D eigenvalue weighted by Crippen LogP contribution is -2.16. The first-order chi connectivity index (χ1) is 7.77. The van der Waals surface area contributed by atoms with Gasteiger partial charge in [0, 0.05) is 0 Å². The molecule has 88 valence electrons. The summed E-state index contributed by atoms with van der Waals surface area (Å²) in [6.45, 7) is 2.88. The Balaban J connectivity index is 1.93. The van der Waals surface area contributed by atoms with Crippen LogP contribution in [0, 0.1) is 12.8 Å². The summed E-state index contributed by atoms with van der Waals surface area (Å²) in [6, 6.07) is 5.92. The van der Waals surface area contributed by atoms with E-state index in [0.29, 0.717) is 0 Å². The molecule has 0 saturated heterocycles. The number of nitrogen functional groups attached to an aromatic ring is 1. The molecule has 0 radical (unpaired) electrons. The number of benzene rings is 1. The molecule has 0 aliphatic heterocycles. The van der Waals surface area contributed by atoms with E-state index in [1.165, 1.54) is 32.1 Å². The third kappa shape index (κ3) is 2.69. The van der Waals surface area contributed by atoms with Gasteiger partial charge < -0.3 is 10.5 Å².